The van der Waals surface area contributed by atoms with Gasteiger partial charge in [-0.1, -0.05) is 6.92 Å². The highest BCUT2D eigenvalue weighted by molar-refractivity contribution is 5.20. The zero-order chi connectivity index (χ0) is 12.3. The molecule has 0 aliphatic carbocycles. The van der Waals surface area contributed by atoms with Gasteiger partial charge in [-0.25, -0.2) is 0 Å². The lowest BCUT2D eigenvalue weighted by atomic mass is 10.2. The Bertz CT molecular complexity index is 354. The van der Waals surface area contributed by atoms with E-state index in [0.717, 1.165) is 37.7 Å². The average molecular weight is 237 g/mol. The number of hydrogen-bond donors (Lipinski definition) is 1. The van der Waals surface area contributed by atoms with Crippen LogP contribution in [0.5, 0.6) is 0 Å². The molecule has 2 heterocycles. The summed E-state index contributed by atoms with van der Waals surface area (Å²) in [5.41, 5.74) is 6.87. The molecular formula is C13H23N3O. The van der Waals surface area contributed by atoms with E-state index in [1.807, 2.05) is 6.92 Å². The number of rotatable bonds is 4. The first-order valence-electron chi connectivity index (χ1n) is 6.46. The maximum absolute atomic E-state index is 5.59. The maximum atomic E-state index is 5.59. The van der Waals surface area contributed by atoms with Gasteiger partial charge < -0.3 is 15.1 Å². The van der Waals surface area contributed by atoms with E-state index in [2.05, 4.69) is 22.8 Å². The largest absolute Gasteiger partial charge is 0.465 e. The van der Waals surface area contributed by atoms with Crippen molar-refractivity contribution >= 4 is 0 Å². The van der Waals surface area contributed by atoms with E-state index in [1.165, 1.54) is 18.7 Å². The van der Waals surface area contributed by atoms with Crippen LogP contribution < -0.4 is 5.73 Å². The van der Waals surface area contributed by atoms with Crippen molar-refractivity contribution in [1.29, 1.82) is 0 Å². The normalized spacial score (nSPS) is 18.8. The fourth-order valence-corrected chi connectivity index (χ4v) is 2.35. The van der Waals surface area contributed by atoms with Gasteiger partial charge in [0.1, 0.15) is 11.5 Å². The van der Waals surface area contributed by atoms with Crippen LogP contribution >= 0.6 is 0 Å². The molecule has 1 aromatic heterocycles. The molecule has 0 aromatic carbocycles. The standard InChI is InChI=1S/C13H23N3O/c1-3-15-4-6-16(7-5-15)10-12-8-13(9-14)17-11(12)2/h8H,3-7,9-10,14H2,1-2H3. The number of aryl methyl sites for hydroxylation is 1. The van der Waals surface area contributed by atoms with Crippen molar-refractivity contribution in [3.63, 3.8) is 0 Å². The smallest absolute Gasteiger partial charge is 0.118 e. The van der Waals surface area contributed by atoms with E-state index < -0.39 is 0 Å². The molecule has 2 rings (SSSR count). The quantitative estimate of drug-likeness (QED) is 0.854. The molecule has 96 valence electrons. The summed E-state index contributed by atoms with van der Waals surface area (Å²) >= 11 is 0. The summed E-state index contributed by atoms with van der Waals surface area (Å²) in [5.74, 6) is 1.91. The Balaban J connectivity index is 1.90. The number of piperazine rings is 1. The lowest BCUT2D eigenvalue weighted by molar-refractivity contribution is 0.131. The molecule has 0 spiro atoms. The molecule has 0 amide bonds. The highest BCUT2D eigenvalue weighted by atomic mass is 16.3. The first-order chi connectivity index (χ1) is 8.22. The third-order valence-electron chi connectivity index (χ3n) is 3.58. The first kappa shape index (κ1) is 12.6. The molecule has 1 aromatic rings. The van der Waals surface area contributed by atoms with Gasteiger partial charge in [-0.05, 0) is 19.5 Å². The zero-order valence-electron chi connectivity index (χ0n) is 10.9. The fraction of sp³-hybridized carbons (Fsp3) is 0.692. The maximum Gasteiger partial charge on any atom is 0.118 e. The van der Waals surface area contributed by atoms with E-state index in [0.29, 0.717) is 6.54 Å². The summed E-state index contributed by atoms with van der Waals surface area (Å²) < 4.78 is 5.59. The Labute approximate surface area is 103 Å². The molecule has 0 bridgehead atoms. The lowest BCUT2D eigenvalue weighted by Gasteiger charge is -2.33. The SMILES string of the molecule is CCN1CCN(Cc2cc(CN)oc2C)CC1. The van der Waals surface area contributed by atoms with Gasteiger partial charge in [0.05, 0.1) is 6.54 Å². The Morgan fingerprint density at radius 3 is 2.41 bits per heavy atom. The third-order valence-corrected chi connectivity index (χ3v) is 3.58. The van der Waals surface area contributed by atoms with Crippen LogP contribution in [0.4, 0.5) is 0 Å². The van der Waals surface area contributed by atoms with E-state index in [9.17, 15) is 0 Å². The molecule has 4 nitrogen and oxygen atoms in total. The Kier molecular flexibility index (Phi) is 4.20. The topological polar surface area (TPSA) is 45.6 Å². The third kappa shape index (κ3) is 3.09. The van der Waals surface area contributed by atoms with Crippen LogP contribution in [0.1, 0.15) is 24.0 Å². The van der Waals surface area contributed by atoms with Gasteiger partial charge in [0.15, 0.2) is 0 Å². The summed E-state index contributed by atoms with van der Waals surface area (Å²) in [6.45, 7) is 11.6. The van der Waals surface area contributed by atoms with E-state index >= 15 is 0 Å². The molecule has 1 fully saturated rings. The van der Waals surface area contributed by atoms with Crippen molar-refractivity contribution in [3.05, 3.63) is 23.2 Å². The second kappa shape index (κ2) is 5.67. The number of nitrogens with two attached hydrogens (primary N) is 1. The van der Waals surface area contributed by atoms with Crippen LogP contribution in [0.25, 0.3) is 0 Å². The van der Waals surface area contributed by atoms with Crippen LogP contribution in [0.15, 0.2) is 10.5 Å². The van der Waals surface area contributed by atoms with Crippen LogP contribution in [0.2, 0.25) is 0 Å². The summed E-state index contributed by atoms with van der Waals surface area (Å²) in [4.78, 5) is 4.98. The van der Waals surface area contributed by atoms with Gasteiger partial charge in [0.2, 0.25) is 0 Å². The van der Waals surface area contributed by atoms with Crippen molar-refractivity contribution < 1.29 is 4.42 Å². The monoisotopic (exact) mass is 237 g/mol. The number of furan rings is 1. The minimum atomic E-state index is 0.491. The lowest BCUT2D eigenvalue weighted by Crippen LogP contribution is -2.45. The van der Waals surface area contributed by atoms with Gasteiger partial charge in [-0.3, -0.25) is 4.90 Å². The molecule has 0 saturated carbocycles. The van der Waals surface area contributed by atoms with Crippen LogP contribution in [0.3, 0.4) is 0 Å². The van der Waals surface area contributed by atoms with Crippen LogP contribution in [0, 0.1) is 6.92 Å². The minimum absolute atomic E-state index is 0.491. The second-order valence-electron chi connectivity index (χ2n) is 4.71. The Hall–Kier alpha value is -0.840. The zero-order valence-corrected chi connectivity index (χ0v) is 10.9. The number of hydrogen-bond acceptors (Lipinski definition) is 4. The van der Waals surface area contributed by atoms with Crippen molar-refractivity contribution in [3.8, 4) is 0 Å². The predicted octanol–water partition coefficient (Wildman–Crippen LogP) is 1.18. The number of likely N-dealkylation sites (N-methyl/N-ethyl adjacent to an activating group) is 1. The molecule has 0 unspecified atom stereocenters. The van der Waals surface area contributed by atoms with Crippen LogP contribution in [-0.2, 0) is 13.1 Å². The van der Waals surface area contributed by atoms with Gasteiger partial charge >= 0.3 is 0 Å². The van der Waals surface area contributed by atoms with Crippen molar-refractivity contribution in [2.75, 3.05) is 32.7 Å². The van der Waals surface area contributed by atoms with Crippen molar-refractivity contribution in [2.45, 2.75) is 26.9 Å². The molecule has 0 atom stereocenters. The molecule has 4 heteroatoms. The Morgan fingerprint density at radius 1 is 1.24 bits per heavy atom. The molecule has 0 radical (unpaired) electrons. The molecular weight excluding hydrogens is 214 g/mol. The van der Waals surface area contributed by atoms with Crippen LogP contribution in [-0.4, -0.2) is 42.5 Å². The van der Waals surface area contributed by atoms with Gasteiger partial charge in [0, 0.05) is 38.3 Å². The number of nitrogens with zero attached hydrogens (tertiary/aromatic N) is 2. The van der Waals surface area contributed by atoms with Crippen molar-refractivity contribution in [2.24, 2.45) is 5.73 Å². The minimum Gasteiger partial charge on any atom is -0.465 e. The molecule has 1 saturated heterocycles. The molecule has 2 N–H and O–H groups in total. The summed E-state index contributed by atoms with van der Waals surface area (Å²) in [6, 6.07) is 2.10. The first-order valence-corrected chi connectivity index (χ1v) is 6.46. The Morgan fingerprint density at radius 2 is 1.88 bits per heavy atom. The second-order valence-corrected chi connectivity index (χ2v) is 4.71. The summed E-state index contributed by atoms with van der Waals surface area (Å²) in [5, 5.41) is 0. The molecule has 1 aliphatic heterocycles. The summed E-state index contributed by atoms with van der Waals surface area (Å²) in [7, 11) is 0. The predicted molar refractivity (Wildman–Crippen MR) is 68.7 cm³/mol. The van der Waals surface area contributed by atoms with E-state index in [-0.39, 0.29) is 0 Å². The van der Waals surface area contributed by atoms with Gasteiger partial charge in [0.25, 0.3) is 0 Å². The molecule has 1 aliphatic rings. The summed E-state index contributed by atoms with van der Waals surface area (Å²) in [6.07, 6.45) is 0. The van der Waals surface area contributed by atoms with E-state index in [4.69, 9.17) is 10.2 Å². The average Bonchev–Trinajstić information content (AvgIpc) is 2.71. The van der Waals surface area contributed by atoms with Gasteiger partial charge in [-0.15, -0.1) is 0 Å². The fourth-order valence-electron chi connectivity index (χ4n) is 2.35. The van der Waals surface area contributed by atoms with E-state index in [1.54, 1.807) is 0 Å². The van der Waals surface area contributed by atoms with Gasteiger partial charge in [-0.2, -0.15) is 0 Å². The highest BCUT2D eigenvalue weighted by Gasteiger charge is 2.17. The van der Waals surface area contributed by atoms with Crippen molar-refractivity contribution in [1.82, 2.24) is 9.80 Å². The molecule has 17 heavy (non-hydrogen) atoms. The highest BCUT2D eigenvalue weighted by Crippen LogP contribution is 2.17.